The molecular weight excluding hydrogens is 1070 g/mol. The number of carbonyl (C=O) groups is 10. The maximum absolute atomic E-state index is 14.2. The summed E-state index contributed by atoms with van der Waals surface area (Å²) in [5.74, 6) is -6.47. The van der Waals surface area contributed by atoms with E-state index in [1.807, 2.05) is 14.1 Å². The van der Waals surface area contributed by atoms with Crippen molar-refractivity contribution in [1.29, 1.82) is 0 Å². The molecule has 13 N–H and O–H groups in total. The Bertz CT molecular complexity index is 2150. The molecule has 9 amide bonds. The van der Waals surface area contributed by atoms with E-state index in [2.05, 4.69) is 47.9 Å². The fourth-order valence-electron chi connectivity index (χ4n) is 7.79. The number of hydrogen-bond donors (Lipinski definition) is 12. The third-order valence-electron chi connectivity index (χ3n) is 12.5. The molecule has 0 fully saturated rings. The second-order valence-corrected chi connectivity index (χ2v) is 19.6. The monoisotopic (exact) mass is 1160 g/mol. The molecule has 82 heavy (non-hydrogen) atoms. The average molecular weight is 1160 g/mol. The molecule has 1 aliphatic rings. The van der Waals surface area contributed by atoms with Gasteiger partial charge in [-0.25, -0.2) is 0 Å². The molecule has 0 unspecified atom stereocenters. The van der Waals surface area contributed by atoms with Crippen molar-refractivity contribution in [2.45, 2.75) is 103 Å². The van der Waals surface area contributed by atoms with Crippen molar-refractivity contribution < 1.29 is 77.1 Å². The van der Waals surface area contributed by atoms with Gasteiger partial charge in [0.25, 0.3) is 11.8 Å². The lowest BCUT2D eigenvalue weighted by Gasteiger charge is -2.27. The summed E-state index contributed by atoms with van der Waals surface area (Å²) < 4.78 is 21.8. The van der Waals surface area contributed by atoms with Gasteiger partial charge in [0.2, 0.25) is 41.4 Å². The molecule has 0 radical (unpaired) electrons. The number of benzene rings is 1. The number of nitrogens with two attached hydrogens (primary N) is 1. The van der Waals surface area contributed by atoms with E-state index in [1.165, 1.54) is 36.1 Å². The Hall–Kier alpha value is -6.66. The number of aromatic hydroxyl groups is 1. The largest absolute Gasteiger partial charge is 0.506 e. The summed E-state index contributed by atoms with van der Waals surface area (Å²) in [5, 5.41) is 44.3. The molecule has 0 aliphatic carbocycles. The van der Waals surface area contributed by atoms with Gasteiger partial charge in [-0.1, -0.05) is 19.9 Å². The lowest BCUT2D eigenvalue weighted by Crippen LogP contribution is -2.57. The molecule has 1 heterocycles. The number of imide groups is 1. The number of likely N-dealkylation sites (N-methyl/N-ethyl adjacent to an activating group) is 2. The summed E-state index contributed by atoms with van der Waals surface area (Å²) in [6.07, 6.45) is 3.40. The first-order valence-electron chi connectivity index (χ1n) is 27.9. The number of anilines is 1. The molecule has 1 aromatic carbocycles. The van der Waals surface area contributed by atoms with E-state index < -0.39 is 83.9 Å². The van der Waals surface area contributed by atoms with Crippen molar-refractivity contribution in [2.24, 2.45) is 11.7 Å². The summed E-state index contributed by atoms with van der Waals surface area (Å²) >= 11 is 0. The van der Waals surface area contributed by atoms with Gasteiger partial charge < -0.3 is 87.6 Å². The van der Waals surface area contributed by atoms with E-state index in [9.17, 15) is 53.1 Å². The smallest absolute Gasteiger partial charge is 0.303 e. The lowest BCUT2D eigenvalue weighted by molar-refractivity contribution is -0.138. The molecule has 4 atom stereocenters. The van der Waals surface area contributed by atoms with Crippen LogP contribution in [0.5, 0.6) is 5.75 Å². The van der Waals surface area contributed by atoms with Crippen LogP contribution in [-0.2, 0) is 73.3 Å². The van der Waals surface area contributed by atoms with Crippen molar-refractivity contribution in [1.82, 2.24) is 52.3 Å². The molecule has 28 nitrogen and oxygen atoms in total. The number of carboxylic acids is 1. The van der Waals surface area contributed by atoms with E-state index in [0.29, 0.717) is 71.1 Å². The summed E-state index contributed by atoms with van der Waals surface area (Å²) in [5.41, 5.74) is 6.71. The van der Waals surface area contributed by atoms with Crippen molar-refractivity contribution in [3.63, 3.8) is 0 Å². The minimum absolute atomic E-state index is 0.0370. The van der Waals surface area contributed by atoms with Gasteiger partial charge in [-0.3, -0.25) is 52.8 Å². The second-order valence-electron chi connectivity index (χ2n) is 19.6. The predicted molar refractivity (Wildman–Crippen MR) is 302 cm³/mol. The van der Waals surface area contributed by atoms with Gasteiger partial charge in [-0.05, 0) is 83.3 Å². The van der Waals surface area contributed by atoms with Crippen LogP contribution in [0.2, 0.25) is 0 Å². The first-order valence-corrected chi connectivity index (χ1v) is 27.9. The Morgan fingerprint density at radius 1 is 0.646 bits per heavy atom. The first kappa shape index (κ1) is 71.4. The van der Waals surface area contributed by atoms with Crippen LogP contribution in [-0.4, -0.2) is 229 Å². The number of rotatable bonds is 47. The van der Waals surface area contributed by atoms with Crippen LogP contribution >= 0.6 is 0 Å². The molecular formula is C54H90N12O16. The molecule has 0 saturated heterocycles. The molecule has 1 aliphatic heterocycles. The number of nitrogens with zero attached hydrogens (tertiary/aromatic N) is 2. The van der Waals surface area contributed by atoms with Crippen molar-refractivity contribution in [3.05, 3.63) is 35.9 Å². The van der Waals surface area contributed by atoms with E-state index in [-0.39, 0.29) is 121 Å². The van der Waals surface area contributed by atoms with Gasteiger partial charge in [0.05, 0.1) is 71.1 Å². The SMILES string of the molecule is CNCCOCCOCCC(=O)NCCN(CCNC(=O)CCOCCOCCNC)C(=O)CC[C@H](NCCCCN1C(=O)C=CC1=O)C(=O)N[C@H](C(=O)N[C@@H](C)C(=O)NCC(=O)Nc1cc(C[C@H](N)CCC(=O)O)ccc1O)C(C)C. The van der Waals surface area contributed by atoms with Crippen molar-refractivity contribution in [2.75, 3.05) is 131 Å². The normalized spacial score (nSPS) is 13.5. The van der Waals surface area contributed by atoms with Gasteiger partial charge >= 0.3 is 5.97 Å². The van der Waals surface area contributed by atoms with Crippen LogP contribution in [0.4, 0.5) is 5.69 Å². The number of hydrogen-bond acceptors (Lipinski definition) is 19. The summed E-state index contributed by atoms with van der Waals surface area (Å²) in [4.78, 5) is 131. The molecule has 0 bridgehead atoms. The van der Waals surface area contributed by atoms with Crippen LogP contribution < -0.4 is 53.6 Å². The molecule has 0 aromatic heterocycles. The first-order chi connectivity index (χ1) is 39.2. The highest BCUT2D eigenvalue weighted by Crippen LogP contribution is 2.25. The second kappa shape index (κ2) is 42.2. The maximum atomic E-state index is 14.2. The number of nitrogens with one attached hydrogen (secondary N) is 9. The van der Waals surface area contributed by atoms with Crippen molar-refractivity contribution >= 4 is 64.8 Å². The number of ether oxygens (including phenoxy) is 4. The Kier molecular flexibility index (Phi) is 36.8. The number of carbonyl (C=O) groups excluding carboxylic acids is 9. The Morgan fingerprint density at radius 3 is 1.77 bits per heavy atom. The van der Waals surface area contributed by atoms with Gasteiger partial charge in [-0.15, -0.1) is 0 Å². The van der Waals surface area contributed by atoms with E-state index >= 15 is 0 Å². The Morgan fingerprint density at radius 2 is 1.22 bits per heavy atom. The average Bonchev–Trinajstić information content (AvgIpc) is 3.83. The van der Waals surface area contributed by atoms with Crippen LogP contribution in [0.25, 0.3) is 0 Å². The molecule has 1 aromatic rings. The van der Waals surface area contributed by atoms with Gasteiger partial charge in [0.1, 0.15) is 17.8 Å². The van der Waals surface area contributed by atoms with E-state index in [0.717, 1.165) is 4.90 Å². The summed E-state index contributed by atoms with van der Waals surface area (Å²) in [7, 11) is 3.63. The highest BCUT2D eigenvalue weighted by molar-refractivity contribution is 6.12. The van der Waals surface area contributed by atoms with Gasteiger partial charge in [0.15, 0.2) is 0 Å². The zero-order chi connectivity index (χ0) is 60.7. The number of aliphatic carboxylic acids is 1. The third-order valence-corrected chi connectivity index (χ3v) is 12.5. The molecule has 28 heteroatoms. The minimum atomic E-state index is -1.20. The predicted octanol–water partition coefficient (Wildman–Crippen LogP) is -2.38. The fourth-order valence-corrected chi connectivity index (χ4v) is 7.79. The van der Waals surface area contributed by atoms with Crippen LogP contribution in [0.3, 0.4) is 0 Å². The van der Waals surface area contributed by atoms with Crippen LogP contribution in [0.1, 0.15) is 77.7 Å². The number of carboxylic acid groups (broad SMARTS) is 1. The molecule has 462 valence electrons. The quantitative estimate of drug-likeness (QED) is 0.0184. The maximum Gasteiger partial charge on any atom is 0.303 e. The van der Waals surface area contributed by atoms with Crippen molar-refractivity contribution in [3.8, 4) is 5.75 Å². The minimum Gasteiger partial charge on any atom is -0.506 e. The topological polar surface area (TPSA) is 389 Å². The Labute approximate surface area is 480 Å². The summed E-state index contributed by atoms with van der Waals surface area (Å²) in [6, 6.07) is 0.477. The van der Waals surface area contributed by atoms with E-state index in [4.69, 9.17) is 29.8 Å². The number of phenolic OH excluding ortho intramolecular Hbond substituents is 1. The van der Waals surface area contributed by atoms with Crippen LogP contribution in [0, 0.1) is 5.92 Å². The molecule has 0 spiro atoms. The molecule has 0 saturated carbocycles. The highest BCUT2D eigenvalue weighted by Gasteiger charge is 2.31. The van der Waals surface area contributed by atoms with E-state index in [1.54, 1.807) is 19.9 Å². The number of unbranched alkanes of at least 4 members (excludes halogenated alkanes) is 1. The fraction of sp³-hybridized carbons (Fsp3) is 0.667. The number of amides is 9. The van der Waals surface area contributed by atoms with Gasteiger partial charge in [0, 0.05) is 89.7 Å². The third kappa shape index (κ3) is 31.5. The molecule has 2 rings (SSSR count). The zero-order valence-corrected chi connectivity index (χ0v) is 48.2. The zero-order valence-electron chi connectivity index (χ0n) is 48.2. The highest BCUT2D eigenvalue weighted by atomic mass is 16.5. The summed E-state index contributed by atoms with van der Waals surface area (Å²) in [6.45, 7) is 8.91. The standard InChI is InChI=1S/C54H90N12O16/c1-37(2)51(54(78)62-38(3)52(76)61-36-46(70)63-42-35-39(8-11-43(42)67)34-40(55)9-15-50(74)75)64-53(77)41(58-18-6-7-23-66-48(72)13-14-49(66)73)10-12-47(71)65(24-19-59-44(68)16-26-79-30-32-81-28-21-56-4)25-20-60-45(69)17-27-80-31-33-82-29-22-57-5/h8,11,13-14,35,37-38,40-41,51,56-58,67H,6-7,9-10,12,15-34,36,55H2,1-5H3,(H,59,68)(H,60,69)(H,61,76)(H,62,78)(H,63,70)(H,64,77)(H,74,75)/t38-,40+,41-,51-/m0/s1. The van der Waals surface area contributed by atoms with Gasteiger partial charge in [-0.2, -0.15) is 0 Å². The lowest BCUT2D eigenvalue weighted by atomic mass is 10.0. The Balaban J connectivity index is 2.13. The number of phenols is 1. The van der Waals surface area contributed by atoms with Crippen LogP contribution in [0.15, 0.2) is 30.4 Å².